The van der Waals surface area contributed by atoms with E-state index in [0.29, 0.717) is 19.4 Å². The fourth-order valence-corrected chi connectivity index (χ4v) is 2.01. The van der Waals surface area contributed by atoms with E-state index in [4.69, 9.17) is 10.6 Å². The van der Waals surface area contributed by atoms with Gasteiger partial charge in [-0.15, -0.1) is 0 Å². The Balaban J connectivity index is 1.95. The molecule has 0 aromatic rings. The Hall–Kier alpha value is -1.10. The smallest absolute Gasteiger partial charge is 0.332 e. The summed E-state index contributed by atoms with van der Waals surface area (Å²) in [7, 11) is 0. The Morgan fingerprint density at radius 1 is 1.17 bits per heavy atom. The molecule has 1 rings (SSSR count). The summed E-state index contributed by atoms with van der Waals surface area (Å²) in [5, 5.41) is 1.20. The van der Waals surface area contributed by atoms with E-state index in [1.807, 2.05) is 0 Å². The monoisotopic (exact) mass is 256 g/mol. The minimum Gasteiger partial charge on any atom is -0.338 e. The van der Waals surface area contributed by atoms with Crippen LogP contribution in [0.4, 0.5) is 0 Å². The van der Waals surface area contributed by atoms with Crippen LogP contribution in [-0.4, -0.2) is 30.0 Å². The second-order valence-corrected chi connectivity index (χ2v) is 4.72. The van der Waals surface area contributed by atoms with Crippen molar-refractivity contribution in [3.63, 3.8) is 0 Å². The molecule has 0 spiro atoms. The maximum atomic E-state index is 11.4. The first-order valence-corrected chi connectivity index (χ1v) is 6.95. The zero-order chi connectivity index (χ0) is 13.2. The number of unbranched alkanes of at least 4 members (excludes halogenated alkanes) is 5. The predicted octanol–water partition coefficient (Wildman–Crippen LogP) is 1.76. The lowest BCUT2D eigenvalue weighted by Crippen LogP contribution is -2.28. The molecule has 1 aliphatic heterocycles. The number of amides is 1. The van der Waals surface area contributed by atoms with Gasteiger partial charge in [0, 0.05) is 12.8 Å². The number of carbonyl (C=O) groups is 2. The van der Waals surface area contributed by atoms with Crippen molar-refractivity contribution in [2.24, 2.45) is 5.73 Å². The molecule has 1 saturated heterocycles. The summed E-state index contributed by atoms with van der Waals surface area (Å²) in [6.45, 7) is 1.31. The summed E-state index contributed by atoms with van der Waals surface area (Å²) in [5.41, 5.74) is 5.40. The quantitative estimate of drug-likeness (QED) is 0.638. The molecule has 0 atom stereocenters. The van der Waals surface area contributed by atoms with Gasteiger partial charge in [-0.05, 0) is 25.8 Å². The van der Waals surface area contributed by atoms with Crippen LogP contribution in [0.15, 0.2) is 0 Å². The molecule has 0 aliphatic carbocycles. The van der Waals surface area contributed by atoms with E-state index in [0.717, 1.165) is 38.6 Å². The molecule has 1 aliphatic rings. The third-order valence-corrected chi connectivity index (χ3v) is 3.08. The van der Waals surface area contributed by atoms with E-state index >= 15 is 0 Å². The van der Waals surface area contributed by atoms with Gasteiger partial charge in [-0.1, -0.05) is 25.7 Å². The lowest BCUT2D eigenvalue weighted by atomic mass is 10.1. The zero-order valence-electron chi connectivity index (χ0n) is 11.0. The average Bonchev–Trinajstić information content (AvgIpc) is 2.74. The maximum absolute atomic E-state index is 11.4. The van der Waals surface area contributed by atoms with E-state index in [2.05, 4.69) is 0 Å². The highest BCUT2D eigenvalue weighted by atomic mass is 16.7. The van der Waals surface area contributed by atoms with Crippen molar-refractivity contribution in [2.45, 2.75) is 57.8 Å². The largest absolute Gasteiger partial charge is 0.338 e. The average molecular weight is 256 g/mol. The zero-order valence-corrected chi connectivity index (χ0v) is 11.0. The van der Waals surface area contributed by atoms with Crippen molar-refractivity contribution in [1.29, 1.82) is 0 Å². The number of hydrogen-bond donors (Lipinski definition) is 1. The summed E-state index contributed by atoms with van der Waals surface area (Å²) < 4.78 is 0. The standard InChI is InChI=1S/C13H24N2O3/c14-10-6-4-2-1-3-5-9-13(17)18-15-11-7-8-12(15)16/h1-11,14H2. The third-order valence-electron chi connectivity index (χ3n) is 3.08. The molecule has 5 nitrogen and oxygen atoms in total. The molecule has 0 bridgehead atoms. The van der Waals surface area contributed by atoms with Gasteiger partial charge < -0.3 is 10.6 Å². The van der Waals surface area contributed by atoms with Crippen LogP contribution >= 0.6 is 0 Å². The molecule has 0 unspecified atom stereocenters. The van der Waals surface area contributed by atoms with Crippen molar-refractivity contribution < 1.29 is 14.4 Å². The first kappa shape index (κ1) is 15.0. The number of rotatable bonds is 9. The van der Waals surface area contributed by atoms with Crippen LogP contribution in [0.3, 0.4) is 0 Å². The first-order chi connectivity index (χ1) is 8.74. The van der Waals surface area contributed by atoms with Gasteiger partial charge in [-0.2, -0.15) is 5.06 Å². The predicted molar refractivity (Wildman–Crippen MR) is 68.4 cm³/mol. The van der Waals surface area contributed by atoms with Crippen LogP contribution in [-0.2, 0) is 14.4 Å². The number of carbonyl (C=O) groups excluding carboxylic acids is 2. The van der Waals surface area contributed by atoms with Gasteiger partial charge in [-0.25, -0.2) is 4.79 Å². The van der Waals surface area contributed by atoms with Crippen LogP contribution in [0.1, 0.15) is 57.8 Å². The van der Waals surface area contributed by atoms with Crippen molar-refractivity contribution in [1.82, 2.24) is 5.06 Å². The van der Waals surface area contributed by atoms with Crippen molar-refractivity contribution in [3.8, 4) is 0 Å². The molecule has 0 aromatic heterocycles. The van der Waals surface area contributed by atoms with Gasteiger partial charge in [0.25, 0.3) is 5.91 Å². The minimum absolute atomic E-state index is 0.0786. The van der Waals surface area contributed by atoms with Gasteiger partial charge >= 0.3 is 5.97 Å². The molecule has 0 saturated carbocycles. The Morgan fingerprint density at radius 3 is 2.44 bits per heavy atom. The Kier molecular flexibility index (Phi) is 7.41. The fraction of sp³-hybridized carbons (Fsp3) is 0.846. The molecule has 5 heteroatoms. The van der Waals surface area contributed by atoms with Crippen molar-refractivity contribution >= 4 is 11.9 Å². The van der Waals surface area contributed by atoms with Crippen molar-refractivity contribution in [3.05, 3.63) is 0 Å². The van der Waals surface area contributed by atoms with Crippen LogP contribution in [0, 0.1) is 0 Å². The molecule has 1 fully saturated rings. The highest BCUT2D eigenvalue weighted by molar-refractivity contribution is 5.79. The van der Waals surface area contributed by atoms with Crippen molar-refractivity contribution in [2.75, 3.05) is 13.1 Å². The molecule has 104 valence electrons. The minimum atomic E-state index is -0.285. The van der Waals surface area contributed by atoms with E-state index in [1.165, 1.54) is 17.9 Å². The normalized spacial score (nSPS) is 15.2. The highest BCUT2D eigenvalue weighted by Crippen LogP contribution is 2.12. The molecule has 0 radical (unpaired) electrons. The van der Waals surface area contributed by atoms with Crippen LogP contribution in [0.2, 0.25) is 0 Å². The van der Waals surface area contributed by atoms with Gasteiger partial charge in [-0.3, -0.25) is 4.79 Å². The maximum Gasteiger partial charge on any atom is 0.332 e. The lowest BCUT2D eigenvalue weighted by Gasteiger charge is -2.14. The van der Waals surface area contributed by atoms with Crippen LogP contribution in [0.25, 0.3) is 0 Å². The van der Waals surface area contributed by atoms with E-state index in [-0.39, 0.29) is 11.9 Å². The summed E-state index contributed by atoms with van der Waals surface area (Å²) in [6, 6.07) is 0. The molecular weight excluding hydrogens is 232 g/mol. The SMILES string of the molecule is NCCCCCCCCC(=O)ON1CCCC1=O. The molecular formula is C13H24N2O3. The first-order valence-electron chi connectivity index (χ1n) is 6.95. The molecule has 0 aromatic carbocycles. The fourth-order valence-electron chi connectivity index (χ4n) is 2.01. The number of hydroxylamine groups is 2. The molecule has 1 heterocycles. The molecule has 1 amide bonds. The van der Waals surface area contributed by atoms with Gasteiger partial charge in [0.05, 0.1) is 6.54 Å². The van der Waals surface area contributed by atoms with Gasteiger partial charge in [0.15, 0.2) is 0 Å². The lowest BCUT2D eigenvalue weighted by molar-refractivity contribution is -0.192. The molecule has 18 heavy (non-hydrogen) atoms. The van der Waals surface area contributed by atoms with Gasteiger partial charge in [0.1, 0.15) is 0 Å². The van der Waals surface area contributed by atoms with E-state index < -0.39 is 0 Å². The second kappa shape index (κ2) is 8.91. The van der Waals surface area contributed by atoms with Crippen LogP contribution in [0.5, 0.6) is 0 Å². The van der Waals surface area contributed by atoms with E-state index in [1.54, 1.807) is 0 Å². The summed E-state index contributed by atoms with van der Waals surface area (Å²) >= 11 is 0. The number of nitrogens with two attached hydrogens (primary N) is 1. The second-order valence-electron chi connectivity index (χ2n) is 4.72. The summed E-state index contributed by atoms with van der Waals surface area (Å²) in [4.78, 5) is 27.7. The Morgan fingerprint density at radius 2 is 1.83 bits per heavy atom. The topological polar surface area (TPSA) is 72.6 Å². The number of hydrogen-bond acceptors (Lipinski definition) is 4. The number of nitrogens with zero attached hydrogens (tertiary/aromatic N) is 1. The van der Waals surface area contributed by atoms with Gasteiger partial charge in [0.2, 0.25) is 0 Å². The Labute approximate surface area is 109 Å². The summed E-state index contributed by atoms with van der Waals surface area (Å²) in [5.74, 6) is -0.364. The van der Waals surface area contributed by atoms with E-state index in [9.17, 15) is 9.59 Å². The third kappa shape index (κ3) is 6.00. The highest BCUT2D eigenvalue weighted by Gasteiger charge is 2.23. The molecule has 2 N–H and O–H groups in total. The summed E-state index contributed by atoms with van der Waals surface area (Å²) in [6.07, 6.45) is 8.12. The van der Waals surface area contributed by atoms with Crippen LogP contribution < -0.4 is 5.73 Å². The Bertz CT molecular complexity index is 269.